The lowest BCUT2D eigenvalue weighted by Gasteiger charge is -2.26. The van der Waals surface area contributed by atoms with Gasteiger partial charge in [0, 0.05) is 28.2 Å². The van der Waals surface area contributed by atoms with Crippen LogP contribution in [0, 0.1) is 36.5 Å². The van der Waals surface area contributed by atoms with Crippen LogP contribution in [0.3, 0.4) is 0 Å². The molecule has 0 aliphatic carbocycles. The first kappa shape index (κ1) is 23.0. The predicted octanol–water partition coefficient (Wildman–Crippen LogP) is 7.88. The number of fused-ring (bicyclic) bond motifs is 1. The molecule has 5 rings (SSSR count). The van der Waals surface area contributed by atoms with E-state index in [9.17, 15) is 0 Å². The molecular weight excluding hydrogens is 462 g/mol. The average molecular weight is 484 g/mol. The van der Waals surface area contributed by atoms with Gasteiger partial charge in [0.25, 0.3) is 0 Å². The Morgan fingerprint density at radius 2 is 1.19 bits per heavy atom. The Labute approximate surface area is 214 Å². The van der Waals surface area contributed by atoms with E-state index in [1.54, 1.807) is 6.08 Å². The lowest BCUT2D eigenvalue weighted by atomic mass is 10.00. The third kappa shape index (κ3) is 4.46. The van der Waals surface area contributed by atoms with Crippen molar-refractivity contribution in [2.24, 2.45) is 0 Å². The van der Waals surface area contributed by atoms with Gasteiger partial charge >= 0.3 is 0 Å². The summed E-state index contributed by atoms with van der Waals surface area (Å²) in [7, 11) is 0. The minimum Gasteiger partial charge on any atom is -0.311 e. The van der Waals surface area contributed by atoms with Gasteiger partial charge in [-0.05, 0) is 61.9 Å². The van der Waals surface area contributed by atoms with Gasteiger partial charge in [0.05, 0.1) is 11.7 Å². The van der Waals surface area contributed by atoms with E-state index in [1.165, 1.54) is 11.1 Å². The highest BCUT2D eigenvalue weighted by atomic mass is 32.1. The molecule has 0 saturated carbocycles. The molecule has 4 aromatic carbocycles. The highest BCUT2D eigenvalue weighted by molar-refractivity contribution is 7.00. The molecule has 1 aromatic heterocycles. The molecule has 36 heavy (non-hydrogen) atoms. The SMILES string of the molecule is Cc1ccc(N(c2ccc(C)cc2)c2ccc(-c3ccc(C=C(C#N)C#N)c4nsnc34)cc2)cc1. The second-order valence-corrected chi connectivity index (χ2v) is 9.03. The fourth-order valence-electron chi connectivity index (χ4n) is 4.11. The molecule has 0 aliphatic heterocycles. The molecule has 0 aliphatic rings. The molecular formula is C30H21N5S. The number of hydrogen-bond acceptors (Lipinski definition) is 6. The monoisotopic (exact) mass is 483 g/mol. The smallest absolute Gasteiger partial charge is 0.130 e. The Morgan fingerprint density at radius 1 is 0.694 bits per heavy atom. The second kappa shape index (κ2) is 9.84. The summed E-state index contributed by atoms with van der Waals surface area (Å²) < 4.78 is 8.93. The number of allylic oxidation sites excluding steroid dienone is 1. The van der Waals surface area contributed by atoms with E-state index >= 15 is 0 Å². The van der Waals surface area contributed by atoms with Crippen LogP contribution in [0.5, 0.6) is 0 Å². The summed E-state index contributed by atoms with van der Waals surface area (Å²) in [5, 5.41) is 18.3. The van der Waals surface area contributed by atoms with Gasteiger partial charge in [-0.3, -0.25) is 0 Å². The molecule has 5 nitrogen and oxygen atoms in total. The van der Waals surface area contributed by atoms with E-state index in [1.807, 2.05) is 24.3 Å². The van der Waals surface area contributed by atoms with Gasteiger partial charge in [0.15, 0.2) is 0 Å². The highest BCUT2D eigenvalue weighted by Gasteiger charge is 2.15. The molecule has 0 amide bonds. The zero-order chi connectivity index (χ0) is 25.1. The summed E-state index contributed by atoms with van der Waals surface area (Å²) in [5.41, 5.74) is 9.81. The Bertz CT molecular complexity index is 1590. The topological polar surface area (TPSA) is 76.6 Å². The molecule has 0 unspecified atom stereocenters. The van der Waals surface area contributed by atoms with Gasteiger partial charge in [-0.15, -0.1) is 0 Å². The molecule has 6 heteroatoms. The van der Waals surface area contributed by atoms with Gasteiger partial charge in [-0.25, -0.2) is 0 Å². The van der Waals surface area contributed by atoms with Crippen LogP contribution in [0.4, 0.5) is 17.1 Å². The van der Waals surface area contributed by atoms with Crippen LogP contribution in [-0.4, -0.2) is 8.75 Å². The lowest BCUT2D eigenvalue weighted by Crippen LogP contribution is -2.09. The van der Waals surface area contributed by atoms with Crippen molar-refractivity contribution in [1.82, 2.24) is 8.75 Å². The Hall–Kier alpha value is -4.78. The maximum absolute atomic E-state index is 9.13. The average Bonchev–Trinajstić information content (AvgIpc) is 3.41. The molecule has 0 bridgehead atoms. The molecule has 5 aromatic rings. The largest absolute Gasteiger partial charge is 0.311 e. The first-order chi connectivity index (χ1) is 17.6. The maximum atomic E-state index is 9.13. The van der Waals surface area contributed by atoms with Crippen molar-refractivity contribution in [3.8, 4) is 23.3 Å². The van der Waals surface area contributed by atoms with Gasteiger partial charge in [-0.2, -0.15) is 19.3 Å². The van der Waals surface area contributed by atoms with Crippen LogP contribution in [0.1, 0.15) is 16.7 Å². The minimum atomic E-state index is 0.0358. The number of nitrogens with zero attached hydrogens (tertiary/aromatic N) is 5. The number of aryl methyl sites for hydroxylation is 2. The zero-order valence-corrected chi connectivity index (χ0v) is 20.6. The van der Waals surface area contributed by atoms with Crippen molar-refractivity contribution in [1.29, 1.82) is 10.5 Å². The molecule has 0 fully saturated rings. The summed E-state index contributed by atoms with van der Waals surface area (Å²) in [6.45, 7) is 4.18. The molecule has 0 atom stereocenters. The van der Waals surface area contributed by atoms with E-state index in [4.69, 9.17) is 10.5 Å². The van der Waals surface area contributed by atoms with Crippen LogP contribution in [0.2, 0.25) is 0 Å². The number of aromatic nitrogens is 2. The Balaban J connectivity index is 1.56. The van der Waals surface area contributed by atoms with Crippen molar-refractivity contribution in [3.63, 3.8) is 0 Å². The molecule has 0 radical (unpaired) electrons. The Morgan fingerprint density at radius 3 is 1.72 bits per heavy atom. The standard InChI is InChI=1S/C30H21N5S/c1-20-3-10-25(11-4-20)35(26-12-5-21(2)6-13-26)27-14-7-23(8-15-27)28-16-9-24(17-22(18-31)19-32)29-30(28)34-36-33-29/h3-17H,1-2H3. The maximum Gasteiger partial charge on any atom is 0.130 e. The van der Waals surface area contributed by atoms with Gasteiger partial charge < -0.3 is 4.90 Å². The van der Waals surface area contributed by atoms with Crippen molar-refractivity contribution in [3.05, 3.63) is 107 Å². The van der Waals surface area contributed by atoms with E-state index in [2.05, 4.69) is 100 Å². The fourth-order valence-corrected chi connectivity index (χ4v) is 4.69. The highest BCUT2D eigenvalue weighted by Crippen LogP contribution is 2.37. The number of hydrogen-bond donors (Lipinski definition) is 0. The van der Waals surface area contributed by atoms with Crippen molar-refractivity contribution < 1.29 is 0 Å². The van der Waals surface area contributed by atoms with Gasteiger partial charge in [-0.1, -0.05) is 59.7 Å². The van der Waals surface area contributed by atoms with E-state index in [-0.39, 0.29) is 5.57 Å². The molecule has 1 heterocycles. The lowest BCUT2D eigenvalue weighted by molar-refractivity contribution is 1.27. The quantitative estimate of drug-likeness (QED) is 0.238. The van der Waals surface area contributed by atoms with Crippen molar-refractivity contribution >= 4 is 45.9 Å². The van der Waals surface area contributed by atoms with Crippen LogP contribution < -0.4 is 4.90 Å². The normalized spacial score (nSPS) is 10.4. The van der Waals surface area contributed by atoms with E-state index in [0.717, 1.165) is 45.4 Å². The van der Waals surface area contributed by atoms with Crippen molar-refractivity contribution in [2.75, 3.05) is 4.90 Å². The summed E-state index contributed by atoms with van der Waals surface area (Å²) in [5.74, 6) is 0. The van der Waals surface area contributed by atoms with Crippen LogP contribution in [-0.2, 0) is 0 Å². The summed E-state index contributed by atoms with van der Waals surface area (Å²) in [6.07, 6.45) is 1.55. The number of rotatable bonds is 5. The summed E-state index contributed by atoms with van der Waals surface area (Å²) >= 11 is 1.12. The second-order valence-electron chi connectivity index (χ2n) is 8.50. The third-order valence-corrected chi connectivity index (χ3v) is 6.54. The summed E-state index contributed by atoms with van der Waals surface area (Å²) in [4.78, 5) is 2.24. The molecule has 0 spiro atoms. The van der Waals surface area contributed by atoms with Crippen LogP contribution in [0.25, 0.3) is 28.2 Å². The molecule has 0 N–H and O–H groups in total. The van der Waals surface area contributed by atoms with Crippen molar-refractivity contribution in [2.45, 2.75) is 13.8 Å². The van der Waals surface area contributed by atoms with Crippen LogP contribution in [0.15, 0.2) is 90.5 Å². The summed E-state index contributed by atoms with van der Waals surface area (Å²) in [6, 6.07) is 33.1. The van der Waals surface area contributed by atoms with E-state index < -0.39 is 0 Å². The number of anilines is 3. The first-order valence-electron chi connectivity index (χ1n) is 11.4. The van der Waals surface area contributed by atoms with E-state index in [0.29, 0.717) is 11.1 Å². The van der Waals surface area contributed by atoms with Gasteiger partial charge in [0.2, 0.25) is 0 Å². The number of benzene rings is 4. The Kier molecular flexibility index (Phi) is 6.28. The minimum absolute atomic E-state index is 0.0358. The molecule has 0 saturated heterocycles. The van der Waals surface area contributed by atoms with Crippen LogP contribution >= 0.6 is 11.7 Å². The molecule has 172 valence electrons. The number of nitriles is 2. The zero-order valence-electron chi connectivity index (χ0n) is 19.8. The first-order valence-corrected chi connectivity index (χ1v) is 12.1. The third-order valence-electron chi connectivity index (χ3n) is 6.01. The van der Waals surface area contributed by atoms with Gasteiger partial charge in [0.1, 0.15) is 28.7 Å². The predicted molar refractivity (Wildman–Crippen MR) is 146 cm³/mol. The fraction of sp³-hybridized carbons (Fsp3) is 0.0667.